The molecule has 2 rings (SSSR count). The van der Waals surface area contributed by atoms with Crippen LogP contribution in [-0.2, 0) is 4.79 Å². The first-order valence-electron chi connectivity index (χ1n) is 6.81. The summed E-state index contributed by atoms with van der Waals surface area (Å²) in [6.07, 6.45) is 0. The van der Waals surface area contributed by atoms with Gasteiger partial charge in [0.15, 0.2) is 0 Å². The second-order valence-electron chi connectivity index (χ2n) is 4.64. The minimum Gasteiger partial charge on any atom is -0.496 e. The summed E-state index contributed by atoms with van der Waals surface area (Å²) in [5.74, 6) is 1.19. The first kappa shape index (κ1) is 15.4. The summed E-state index contributed by atoms with van der Waals surface area (Å²) >= 11 is 1.48. The van der Waals surface area contributed by atoms with Crippen LogP contribution in [0.5, 0.6) is 5.75 Å². The van der Waals surface area contributed by atoms with Crippen LogP contribution < -0.4 is 10.1 Å². The van der Waals surface area contributed by atoms with Crippen LogP contribution >= 0.6 is 11.8 Å². The molecule has 0 radical (unpaired) electrons. The quantitative estimate of drug-likeness (QED) is 0.827. The molecule has 0 aliphatic heterocycles. The fraction of sp³-hybridized carbons (Fsp3) is 0.235. The molecule has 0 unspecified atom stereocenters. The van der Waals surface area contributed by atoms with Crippen molar-refractivity contribution in [1.82, 2.24) is 5.32 Å². The van der Waals surface area contributed by atoms with E-state index in [0.29, 0.717) is 5.75 Å². The van der Waals surface area contributed by atoms with Gasteiger partial charge in [-0.15, -0.1) is 11.8 Å². The van der Waals surface area contributed by atoms with Crippen molar-refractivity contribution in [3.05, 3.63) is 60.2 Å². The van der Waals surface area contributed by atoms with Crippen LogP contribution in [0.4, 0.5) is 0 Å². The van der Waals surface area contributed by atoms with E-state index in [2.05, 4.69) is 5.32 Å². The van der Waals surface area contributed by atoms with E-state index in [1.54, 1.807) is 7.11 Å². The Labute approximate surface area is 129 Å². The van der Waals surface area contributed by atoms with Gasteiger partial charge in [0.1, 0.15) is 5.75 Å². The Morgan fingerprint density at radius 2 is 1.81 bits per heavy atom. The van der Waals surface area contributed by atoms with Crippen LogP contribution in [0.2, 0.25) is 0 Å². The summed E-state index contributed by atoms with van der Waals surface area (Å²) in [6, 6.07) is 17.7. The molecule has 4 heteroatoms. The number of rotatable bonds is 6. The van der Waals surface area contributed by atoms with Crippen molar-refractivity contribution in [3.8, 4) is 5.75 Å². The van der Waals surface area contributed by atoms with Crippen molar-refractivity contribution >= 4 is 17.7 Å². The number of benzene rings is 2. The Hall–Kier alpha value is -1.94. The molecule has 0 saturated heterocycles. The zero-order valence-corrected chi connectivity index (χ0v) is 13.0. The topological polar surface area (TPSA) is 38.3 Å². The minimum atomic E-state index is 0.0111. The lowest BCUT2D eigenvalue weighted by molar-refractivity contribution is -0.119. The number of hydrogen-bond donors (Lipinski definition) is 1. The number of nitrogens with one attached hydrogen (secondary N) is 1. The Morgan fingerprint density at radius 1 is 1.14 bits per heavy atom. The summed E-state index contributed by atoms with van der Waals surface area (Å²) in [5.41, 5.74) is 1.10. The molecule has 21 heavy (non-hydrogen) atoms. The van der Waals surface area contributed by atoms with Crippen LogP contribution in [0.3, 0.4) is 0 Å². The molecule has 0 saturated carbocycles. The van der Waals surface area contributed by atoms with E-state index < -0.39 is 0 Å². The highest BCUT2D eigenvalue weighted by atomic mass is 32.2. The van der Waals surface area contributed by atoms with E-state index in [1.165, 1.54) is 11.8 Å². The smallest absolute Gasteiger partial charge is 0.230 e. The second-order valence-corrected chi connectivity index (χ2v) is 5.66. The molecule has 110 valence electrons. The van der Waals surface area contributed by atoms with E-state index in [9.17, 15) is 4.79 Å². The van der Waals surface area contributed by atoms with E-state index in [-0.39, 0.29) is 11.9 Å². The Kier molecular flexibility index (Phi) is 5.69. The number of thioether (sulfide) groups is 1. The predicted molar refractivity (Wildman–Crippen MR) is 86.7 cm³/mol. The van der Waals surface area contributed by atoms with Crippen molar-refractivity contribution in [2.45, 2.75) is 17.9 Å². The zero-order chi connectivity index (χ0) is 15.1. The van der Waals surface area contributed by atoms with Gasteiger partial charge in [-0.25, -0.2) is 0 Å². The fourth-order valence-electron chi connectivity index (χ4n) is 1.99. The third kappa shape index (κ3) is 4.53. The number of carbonyl (C=O) groups excluding carboxylic acids is 1. The lowest BCUT2D eigenvalue weighted by atomic mass is 10.1. The van der Waals surface area contributed by atoms with Crippen molar-refractivity contribution in [2.24, 2.45) is 0 Å². The van der Waals surface area contributed by atoms with Gasteiger partial charge in [-0.1, -0.05) is 42.5 Å². The van der Waals surface area contributed by atoms with Crippen molar-refractivity contribution in [3.63, 3.8) is 0 Å². The number of para-hydroxylation sites is 1. The monoisotopic (exact) mass is 301 g/mol. The molecule has 0 heterocycles. The Morgan fingerprint density at radius 3 is 2.52 bits per heavy atom. The van der Waals surface area contributed by atoms with Gasteiger partial charge in [-0.2, -0.15) is 0 Å². The standard InChI is InChI=1S/C17H19NO2S/c1-13(14-8-4-3-5-9-14)18-17(19)12-21-16-11-7-6-10-15(16)20-2/h3-11,13H,12H2,1-2H3,(H,18,19)/t13-/m0/s1. The van der Waals surface area contributed by atoms with Gasteiger partial charge in [0.05, 0.1) is 18.9 Å². The largest absolute Gasteiger partial charge is 0.496 e. The normalized spacial score (nSPS) is 11.7. The molecule has 2 aromatic carbocycles. The number of methoxy groups -OCH3 is 1. The number of amides is 1. The van der Waals surface area contributed by atoms with Crippen LogP contribution in [0, 0.1) is 0 Å². The maximum absolute atomic E-state index is 12.0. The SMILES string of the molecule is COc1ccccc1SCC(=O)N[C@@H](C)c1ccccc1. The number of ether oxygens (including phenoxy) is 1. The van der Waals surface area contributed by atoms with Gasteiger partial charge in [-0.05, 0) is 24.6 Å². The molecular weight excluding hydrogens is 282 g/mol. The molecule has 0 spiro atoms. The minimum absolute atomic E-state index is 0.0111. The highest BCUT2D eigenvalue weighted by Crippen LogP contribution is 2.28. The van der Waals surface area contributed by atoms with Crippen molar-refractivity contribution in [1.29, 1.82) is 0 Å². The first-order valence-corrected chi connectivity index (χ1v) is 7.79. The number of hydrogen-bond acceptors (Lipinski definition) is 3. The molecule has 0 aliphatic carbocycles. The maximum atomic E-state index is 12.0. The lowest BCUT2D eigenvalue weighted by Crippen LogP contribution is -2.28. The van der Waals surface area contributed by atoms with Gasteiger partial charge in [0.25, 0.3) is 0 Å². The van der Waals surface area contributed by atoms with Gasteiger partial charge in [0.2, 0.25) is 5.91 Å². The molecule has 2 aromatic rings. The highest BCUT2D eigenvalue weighted by molar-refractivity contribution is 8.00. The van der Waals surface area contributed by atoms with E-state index >= 15 is 0 Å². The van der Waals surface area contributed by atoms with E-state index in [4.69, 9.17) is 4.74 Å². The van der Waals surface area contributed by atoms with Crippen molar-refractivity contribution < 1.29 is 9.53 Å². The summed E-state index contributed by atoms with van der Waals surface area (Å²) in [5, 5.41) is 3.00. The van der Waals surface area contributed by atoms with Crippen LogP contribution in [-0.4, -0.2) is 18.8 Å². The zero-order valence-electron chi connectivity index (χ0n) is 12.2. The fourth-order valence-corrected chi connectivity index (χ4v) is 2.83. The third-order valence-corrected chi connectivity index (χ3v) is 4.16. The molecule has 1 atom stereocenters. The lowest BCUT2D eigenvalue weighted by Gasteiger charge is -2.14. The molecule has 1 N–H and O–H groups in total. The molecule has 0 aromatic heterocycles. The summed E-state index contributed by atoms with van der Waals surface area (Å²) in [7, 11) is 1.64. The molecule has 0 fully saturated rings. The molecule has 3 nitrogen and oxygen atoms in total. The Balaban J connectivity index is 1.88. The summed E-state index contributed by atoms with van der Waals surface area (Å²) in [4.78, 5) is 13.0. The van der Waals surface area contributed by atoms with Gasteiger partial charge >= 0.3 is 0 Å². The first-order chi connectivity index (χ1) is 10.2. The molecule has 1 amide bonds. The van der Waals surface area contributed by atoms with Gasteiger partial charge in [0, 0.05) is 4.90 Å². The molecule has 0 aliphatic rings. The van der Waals surface area contributed by atoms with E-state index in [1.807, 2.05) is 61.5 Å². The second kappa shape index (κ2) is 7.74. The van der Waals surface area contributed by atoms with E-state index in [0.717, 1.165) is 16.2 Å². The van der Waals surface area contributed by atoms with Gasteiger partial charge < -0.3 is 10.1 Å². The van der Waals surface area contributed by atoms with Crippen LogP contribution in [0.25, 0.3) is 0 Å². The average molecular weight is 301 g/mol. The maximum Gasteiger partial charge on any atom is 0.230 e. The van der Waals surface area contributed by atoms with Crippen LogP contribution in [0.1, 0.15) is 18.5 Å². The highest BCUT2D eigenvalue weighted by Gasteiger charge is 2.10. The third-order valence-electron chi connectivity index (χ3n) is 3.10. The Bertz CT molecular complexity index is 586. The predicted octanol–water partition coefficient (Wildman–Crippen LogP) is 3.66. The number of carbonyl (C=O) groups is 1. The molecular formula is C17H19NO2S. The molecule has 0 bridgehead atoms. The van der Waals surface area contributed by atoms with Crippen molar-refractivity contribution in [2.75, 3.05) is 12.9 Å². The summed E-state index contributed by atoms with van der Waals surface area (Å²) in [6.45, 7) is 1.99. The average Bonchev–Trinajstić information content (AvgIpc) is 2.54. The van der Waals surface area contributed by atoms with Gasteiger partial charge in [-0.3, -0.25) is 4.79 Å². The summed E-state index contributed by atoms with van der Waals surface area (Å²) < 4.78 is 5.28. The van der Waals surface area contributed by atoms with Crippen LogP contribution in [0.15, 0.2) is 59.5 Å².